The molecule has 13 heteroatoms. The molecule has 2 bridgehead atoms. The van der Waals surface area contributed by atoms with Gasteiger partial charge in [0.1, 0.15) is 52.9 Å². The number of alkyl halides is 1. The molecule has 44 heavy (non-hydrogen) atoms. The smallest absolute Gasteiger partial charge is 0.319 e. The molecule has 3 aromatic heterocycles. The van der Waals surface area contributed by atoms with Crippen molar-refractivity contribution in [2.75, 3.05) is 43.5 Å². The van der Waals surface area contributed by atoms with Gasteiger partial charge < -0.3 is 25.4 Å². The number of nitrogens with zero attached hydrogens (tertiary/aromatic N) is 6. The van der Waals surface area contributed by atoms with E-state index < -0.39 is 17.5 Å². The van der Waals surface area contributed by atoms with Gasteiger partial charge in [0.2, 0.25) is 5.88 Å². The number of hydrogen-bond donors (Lipinski definition) is 2. The lowest BCUT2D eigenvalue weighted by Gasteiger charge is -2.40. The van der Waals surface area contributed by atoms with Crippen LogP contribution in [-0.2, 0) is 0 Å². The van der Waals surface area contributed by atoms with Crippen molar-refractivity contribution in [3.63, 3.8) is 0 Å². The number of rotatable bonds is 4. The van der Waals surface area contributed by atoms with Crippen LogP contribution in [0.3, 0.4) is 0 Å². The average Bonchev–Trinajstić information content (AvgIpc) is 3.73. The molecule has 5 atom stereocenters. The zero-order chi connectivity index (χ0) is 29.7. The molecule has 10 nitrogen and oxygen atoms in total. The number of benzene rings is 1. The number of hydrogen-bond acceptors (Lipinski definition) is 11. The minimum absolute atomic E-state index is 0.0270. The first-order valence-corrected chi connectivity index (χ1v) is 16.0. The highest BCUT2D eigenvalue weighted by atomic mass is 32.1. The van der Waals surface area contributed by atoms with Crippen LogP contribution in [0.1, 0.15) is 37.7 Å². The van der Waals surface area contributed by atoms with E-state index in [1.807, 2.05) is 6.07 Å². The van der Waals surface area contributed by atoms with E-state index in [2.05, 4.69) is 26.2 Å². The fraction of sp³-hybridized carbons (Fsp3) is 0.484. The van der Waals surface area contributed by atoms with Gasteiger partial charge in [0.25, 0.3) is 0 Å². The van der Waals surface area contributed by atoms with Gasteiger partial charge in [-0.1, -0.05) is 12.1 Å². The summed E-state index contributed by atoms with van der Waals surface area (Å²) in [5.41, 5.74) is 6.58. The number of nitrogens with two attached hydrogens (primary N) is 1. The Morgan fingerprint density at radius 3 is 3.02 bits per heavy atom. The van der Waals surface area contributed by atoms with E-state index >= 15 is 4.39 Å². The molecule has 0 saturated carbocycles. The number of fused-ring (bicyclic) bond motifs is 7. The molecule has 4 aromatic rings. The van der Waals surface area contributed by atoms with E-state index in [1.165, 1.54) is 11.3 Å². The number of aromatic nitrogens is 3. The summed E-state index contributed by atoms with van der Waals surface area (Å²) >= 11 is 1.28. The number of halogens is 2. The molecular formula is C31H30F2N8O2S. The Hall–Kier alpha value is -3.86. The molecule has 4 fully saturated rings. The Balaban J connectivity index is 1.23. The van der Waals surface area contributed by atoms with Gasteiger partial charge in [0.05, 0.1) is 17.1 Å². The SMILES string of the molecule is N#Cc1c(N)sc2cccc(-c3nc4c5c(nc(OC[C@@]67CCCN6C[C@H](F)C7)nc5c3F)N3CC5CCC(N5)C3CO4)c12. The van der Waals surface area contributed by atoms with Crippen LogP contribution in [0.4, 0.5) is 19.6 Å². The monoisotopic (exact) mass is 616 g/mol. The van der Waals surface area contributed by atoms with Crippen molar-refractivity contribution in [1.29, 1.82) is 5.26 Å². The van der Waals surface area contributed by atoms with Crippen LogP contribution in [0, 0.1) is 17.1 Å². The number of nitrogens with one attached hydrogen (secondary N) is 1. The highest BCUT2D eigenvalue weighted by molar-refractivity contribution is 7.23. The molecular weight excluding hydrogens is 586 g/mol. The summed E-state index contributed by atoms with van der Waals surface area (Å²) in [6.45, 7) is 2.52. The first kappa shape index (κ1) is 26.5. The molecule has 0 radical (unpaired) electrons. The molecule has 3 N–H and O–H groups in total. The van der Waals surface area contributed by atoms with Crippen molar-refractivity contribution >= 4 is 43.1 Å². The van der Waals surface area contributed by atoms with Crippen molar-refractivity contribution in [1.82, 2.24) is 25.2 Å². The van der Waals surface area contributed by atoms with E-state index in [1.54, 1.807) is 12.1 Å². The van der Waals surface area contributed by atoms with Crippen LogP contribution < -0.4 is 25.4 Å². The van der Waals surface area contributed by atoms with Gasteiger partial charge in [-0.25, -0.2) is 13.8 Å². The van der Waals surface area contributed by atoms with Gasteiger partial charge in [0.15, 0.2) is 5.82 Å². The van der Waals surface area contributed by atoms with Crippen molar-refractivity contribution in [3.8, 4) is 29.2 Å². The molecule has 0 amide bonds. The third kappa shape index (κ3) is 3.77. The van der Waals surface area contributed by atoms with Crippen LogP contribution in [0.15, 0.2) is 18.2 Å². The number of thiophene rings is 1. The summed E-state index contributed by atoms with van der Waals surface area (Å²) < 4.78 is 44.8. The second-order valence-corrected chi connectivity index (χ2v) is 13.8. The molecule has 9 rings (SSSR count). The Labute approximate surface area is 255 Å². The molecule has 0 aliphatic carbocycles. The molecule has 1 aromatic carbocycles. The number of pyridine rings is 1. The summed E-state index contributed by atoms with van der Waals surface area (Å²) in [5.74, 6) is 0.146. The third-order valence-electron chi connectivity index (χ3n) is 10.3. The van der Waals surface area contributed by atoms with Gasteiger partial charge >= 0.3 is 6.01 Å². The fourth-order valence-corrected chi connectivity index (χ4v) is 9.23. The lowest BCUT2D eigenvalue weighted by atomic mass is 9.95. The topological polar surface area (TPSA) is 125 Å². The van der Waals surface area contributed by atoms with Crippen LogP contribution in [-0.4, -0.2) is 82.5 Å². The third-order valence-corrected chi connectivity index (χ3v) is 11.3. The summed E-state index contributed by atoms with van der Waals surface area (Å²) in [6, 6.07) is 8.09. The molecule has 5 aliphatic rings. The van der Waals surface area contributed by atoms with Crippen LogP contribution in [0.25, 0.3) is 32.2 Å². The maximum absolute atomic E-state index is 16.9. The quantitative estimate of drug-likeness (QED) is 0.345. The predicted octanol–water partition coefficient (Wildman–Crippen LogP) is 4.16. The Bertz CT molecular complexity index is 1900. The first-order valence-electron chi connectivity index (χ1n) is 15.2. The van der Waals surface area contributed by atoms with E-state index in [9.17, 15) is 9.65 Å². The van der Waals surface area contributed by atoms with E-state index in [-0.39, 0.29) is 41.8 Å². The highest BCUT2D eigenvalue weighted by Gasteiger charge is 2.50. The Morgan fingerprint density at radius 2 is 2.14 bits per heavy atom. The number of nitrogen functional groups attached to an aromatic ring is 1. The average molecular weight is 617 g/mol. The van der Waals surface area contributed by atoms with Crippen LogP contribution in [0.5, 0.6) is 11.9 Å². The molecule has 5 aliphatic heterocycles. The molecule has 226 valence electrons. The van der Waals surface area contributed by atoms with E-state index in [0.29, 0.717) is 64.9 Å². The maximum atomic E-state index is 16.9. The summed E-state index contributed by atoms with van der Waals surface area (Å²) in [5, 5.41) is 14.9. The van der Waals surface area contributed by atoms with Gasteiger partial charge in [0, 0.05) is 47.2 Å². The van der Waals surface area contributed by atoms with Gasteiger partial charge in [-0.3, -0.25) is 4.90 Å². The summed E-state index contributed by atoms with van der Waals surface area (Å²) in [4.78, 5) is 18.7. The standard InChI is InChI=1S/C31H30F2N8O2S/c32-15-9-31(7-2-8-40(31)11-15)14-43-30-38-26-23-28(39-30)41-12-16-5-6-19(36-16)20(41)13-42-29(23)37-25(24(26)33)17-3-1-4-21-22(17)18(10-34)27(35)44-21/h1,3-4,15-16,19-20,36H,2,5-9,11-14,35H2/t15-,16?,19?,20?,31+/m1/s1. The molecule has 3 unspecified atom stereocenters. The van der Waals surface area contributed by atoms with Crippen molar-refractivity contribution in [3.05, 3.63) is 29.6 Å². The van der Waals surface area contributed by atoms with Crippen molar-refractivity contribution in [2.45, 2.75) is 61.9 Å². The lowest BCUT2D eigenvalue weighted by Crippen LogP contribution is -2.60. The minimum atomic E-state index is -0.892. The normalized spacial score (nSPS) is 29.0. The van der Waals surface area contributed by atoms with Gasteiger partial charge in [-0.15, -0.1) is 11.3 Å². The molecule has 8 heterocycles. The molecule has 4 saturated heterocycles. The van der Waals surface area contributed by atoms with Gasteiger partial charge in [-0.05, 0) is 38.3 Å². The fourth-order valence-electron chi connectivity index (χ4n) is 8.28. The number of piperazine rings is 1. The Morgan fingerprint density at radius 1 is 1.23 bits per heavy atom. The van der Waals surface area contributed by atoms with Gasteiger partial charge in [-0.2, -0.15) is 15.2 Å². The maximum Gasteiger partial charge on any atom is 0.319 e. The van der Waals surface area contributed by atoms with Crippen molar-refractivity contribution < 1.29 is 18.3 Å². The summed E-state index contributed by atoms with van der Waals surface area (Å²) in [6.07, 6.45) is 3.40. The van der Waals surface area contributed by atoms with Crippen molar-refractivity contribution in [2.24, 2.45) is 0 Å². The van der Waals surface area contributed by atoms with E-state index in [4.69, 9.17) is 25.2 Å². The largest absolute Gasteiger partial charge is 0.475 e. The van der Waals surface area contributed by atoms with E-state index in [0.717, 1.165) is 36.9 Å². The predicted molar refractivity (Wildman–Crippen MR) is 162 cm³/mol. The number of nitriles is 1. The highest BCUT2D eigenvalue weighted by Crippen LogP contribution is 2.46. The Kier molecular flexibility index (Phi) is 5.77. The zero-order valence-corrected chi connectivity index (χ0v) is 24.7. The number of anilines is 2. The second kappa shape index (κ2) is 9.57. The minimum Gasteiger partial charge on any atom is -0.475 e. The second-order valence-electron chi connectivity index (χ2n) is 12.7. The molecule has 0 spiro atoms. The lowest BCUT2D eigenvalue weighted by molar-refractivity contribution is 0.107. The number of ether oxygens (including phenoxy) is 2. The van der Waals surface area contributed by atoms with Crippen LogP contribution in [0.2, 0.25) is 0 Å². The zero-order valence-electron chi connectivity index (χ0n) is 23.9. The summed E-state index contributed by atoms with van der Waals surface area (Å²) in [7, 11) is 0. The first-order chi connectivity index (χ1) is 21.4. The van der Waals surface area contributed by atoms with Crippen LogP contribution >= 0.6 is 11.3 Å².